The SMILES string of the molecule is O=C1O[C@@](OCCCCCl)(c2ccccc2)c2ccccc21. The van der Waals surface area contributed by atoms with Gasteiger partial charge in [0.2, 0.25) is 0 Å². The van der Waals surface area contributed by atoms with Gasteiger partial charge in [0.05, 0.1) is 12.2 Å². The van der Waals surface area contributed by atoms with Gasteiger partial charge in [-0.2, -0.15) is 0 Å². The molecule has 0 radical (unpaired) electrons. The van der Waals surface area contributed by atoms with Crippen molar-refractivity contribution in [3.63, 3.8) is 0 Å². The molecule has 0 aromatic heterocycles. The molecule has 2 aromatic carbocycles. The van der Waals surface area contributed by atoms with Crippen LogP contribution in [0.15, 0.2) is 54.6 Å². The van der Waals surface area contributed by atoms with Crippen LogP contribution in [0, 0.1) is 0 Å². The highest BCUT2D eigenvalue weighted by atomic mass is 35.5. The second-order valence-electron chi connectivity index (χ2n) is 5.16. The molecule has 0 saturated carbocycles. The van der Waals surface area contributed by atoms with Crippen molar-refractivity contribution in [2.24, 2.45) is 0 Å². The lowest BCUT2D eigenvalue weighted by atomic mass is 9.95. The van der Waals surface area contributed by atoms with Crippen LogP contribution in [-0.2, 0) is 15.3 Å². The first-order valence-electron chi connectivity index (χ1n) is 7.36. The van der Waals surface area contributed by atoms with Crippen LogP contribution in [0.2, 0.25) is 0 Å². The molecule has 0 fully saturated rings. The van der Waals surface area contributed by atoms with Gasteiger partial charge in [-0.25, -0.2) is 4.79 Å². The first kappa shape index (κ1) is 15.1. The molecule has 1 aliphatic heterocycles. The van der Waals surface area contributed by atoms with Gasteiger partial charge in [0.25, 0.3) is 5.79 Å². The van der Waals surface area contributed by atoms with Crippen molar-refractivity contribution in [3.8, 4) is 0 Å². The number of cyclic esters (lactones) is 1. The minimum atomic E-state index is -1.15. The largest absolute Gasteiger partial charge is 0.420 e. The number of carbonyl (C=O) groups is 1. The van der Waals surface area contributed by atoms with Gasteiger partial charge >= 0.3 is 5.97 Å². The molecule has 0 N–H and O–H groups in total. The highest BCUT2D eigenvalue weighted by Crippen LogP contribution is 2.42. The van der Waals surface area contributed by atoms with Crippen molar-refractivity contribution in [3.05, 3.63) is 71.3 Å². The number of hydrogen-bond donors (Lipinski definition) is 0. The maximum atomic E-state index is 12.2. The summed E-state index contributed by atoms with van der Waals surface area (Å²) in [4.78, 5) is 12.2. The summed E-state index contributed by atoms with van der Waals surface area (Å²) in [7, 11) is 0. The lowest BCUT2D eigenvalue weighted by molar-refractivity contribution is -0.174. The molecule has 1 aliphatic rings. The van der Waals surface area contributed by atoms with Crippen molar-refractivity contribution in [2.45, 2.75) is 18.6 Å². The molecule has 0 saturated heterocycles. The zero-order chi connectivity index (χ0) is 15.4. The molecule has 114 valence electrons. The van der Waals surface area contributed by atoms with Crippen LogP contribution in [0.25, 0.3) is 0 Å². The van der Waals surface area contributed by atoms with Crippen molar-refractivity contribution in [2.75, 3.05) is 12.5 Å². The highest BCUT2D eigenvalue weighted by Gasteiger charge is 2.48. The maximum Gasteiger partial charge on any atom is 0.341 e. The van der Waals surface area contributed by atoms with E-state index in [2.05, 4.69) is 0 Å². The van der Waals surface area contributed by atoms with E-state index in [4.69, 9.17) is 21.1 Å². The van der Waals surface area contributed by atoms with Gasteiger partial charge in [-0.15, -0.1) is 11.6 Å². The molecular weight excluding hydrogens is 300 g/mol. The van der Waals surface area contributed by atoms with E-state index in [1.54, 1.807) is 6.07 Å². The fraction of sp³-hybridized carbons (Fsp3) is 0.278. The number of ether oxygens (including phenoxy) is 2. The van der Waals surface area contributed by atoms with Crippen LogP contribution < -0.4 is 0 Å². The molecule has 22 heavy (non-hydrogen) atoms. The van der Waals surface area contributed by atoms with E-state index >= 15 is 0 Å². The summed E-state index contributed by atoms with van der Waals surface area (Å²) in [6.07, 6.45) is 1.68. The molecule has 0 amide bonds. The Hall–Kier alpha value is -1.84. The maximum absolute atomic E-state index is 12.2. The van der Waals surface area contributed by atoms with Crippen molar-refractivity contribution < 1.29 is 14.3 Å². The second kappa shape index (κ2) is 6.51. The third kappa shape index (κ3) is 2.62. The normalized spacial score (nSPS) is 19.8. The summed E-state index contributed by atoms with van der Waals surface area (Å²) < 4.78 is 11.8. The van der Waals surface area contributed by atoms with Gasteiger partial charge in [-0.05, 0) is 18.9 Å². The summed E-state index contributed by atoms with van der Waals surface area (Å²) in [5.74, 6) is -0.906. The third-order valence-corrected chi connectivity index (χ3v) is 3.99. The zero-order valence-electron chi connectivity index (χ0n) is 12.1. The first-order valence-corrected chi connectivity index (χ1v) is 7.89. The van der Waals surface area contributed by atoms with E-state index in [1.807, 2.05) is 48.5 Å². The van der Waals surface area contributed by atoms with Gasteiger partial charge in [0.1, 0.15) is 0 Å². The zero-order valence-corrected chi connectivity index (χ0v) is 12.9. The van der Waals surface area contributed by atoms with Gasteiger partial charge in [0.15, 0.2) is 0 Å². The number of rotatable bonds is 6. The molecule has 2 aromatic rings. The van der Waals surface area contributed by atoms with E-state index in [-0.39, 0.29) is 5.97 Å². The quantitative estimate of drug-likeness (QED) is 0.457. The van der Waals surface area contributed by atoms with Crippen molar-refractivity contribution >= 4 is 17.6 Å². The molecule has 0 aliphatic carbocycles. The summed E-state index contributed by atoms with van der Waals surface area (Å²) in [5.41, 5.74) is 2.14. The number of esters is 1. The van der Waals surface area contributed by atoms with Crippen LogP contribution in [0.5, 0.6) is 0 Å². The molecule has 3 nitrogen and oxygen atoms in total. The van der Waals surface area contributed by atoms with Crippen LogP contribution in [0.3, 0.4) is 0 Å². The summed E-state index contributed by atoms with van der Waals surface area (Å²) in [5, 5.41) is 0. The average Bonchev–Trinajstić information content (AvgIpc) is 2.87. The molecule has 0 unspecified atom stereocenters. The molecule has 0 spiro atoms. The fourth-order valence-electron chi connectivity index (χ4n) is 2.66. The van der Waals surface area contributed by atoms with E-state index in [1.165, 1.54) is 0 Å². The topological polar surface area (TPSA) is 35.5 Å². The number of hydrogen-bond acceptors (Lipinski definition) is 3. The molecular formula is C18H17ClO3. The van der Waals surface area contributed by atoms with E-state index < -0.39 is 5.79 Å². The van der Waals surface area contributed by atoms with Gasteiger partial charge in [-0.1, -0.05) is 48.5 Å². The second-order valence-corrected chi connectivity index (χ2v) is 5.54. The lowest BCUT2D eigenvalue weighted by Crippen LogP contribution is -2.32. The fourth-order valence-corrected chi connectivity index (χ4v) is 2.85. The molecule has 0 bridgehead atoms. The van der Waals surface area contributed by atoms with Crippen LogP contribution in [-0.4, -0.2) is 18.5 Å². The van der Waals surface area contributed by atoms with Gasteiger partial charge < -0.3 is 9.47 Å². The smallest absolute Gasteiger partial charge is 0.341 e. The molecule has 1 atom stereocenters. The summed E-state index contributed by atoms with van der Waals surface area (Å²) in [6, 6.07) is 16.9. The molecule has 1 heterocycles. The summed E-state index contributed by atoms with van der Waals surface area (Å²) in [6.45, 7) is 0.475. The molecule has 4 heteroatoms. The van der Waals surface area contributed by atoms with Gasteiger partial charge in [0, 0.05) is 17.0 Å². The number of alkyl halides is 1. The number of unbranched alkanes of at least 4 members (excludes halogenated alkanes) is 1. The predicted molar refractivity (Wildman–Crippen MR) is 85.0 cm³/mol. The number of fused-ring (bicyclic) bond motifs is 1. The minimum Gasteiger partial charge on any atom is -0.420 e. The van der Waals surface area contributed by atoms with Crippen LogP contribution in [0.4, 0.5) is 0 Å². The lowest BCUT2D eigenvalue weighted by Gasteiger charge is -2.29. The van der Waals surface area contributed by atoms with E-state index in [0.717, 1.165) is 24.0 Å². The Morgan fingerprint density at radius 3 is 2.50 bits per heavy atom. The van der Waals surface area contributed by atoms with E-state index in [0.29, 0.717) is 18.1 Å². The Morgan fingerprint density at radius 2 is 1.73 bits per heavy atom. The minimum absolute atomic E-state index is 0.350. The van der Waals surface area contributed by atoms with Crippen molar-refractivity contribution in [1.29, 1.82) is 0 Å². The monoisotopic (exact) mass is 316 g/mol. The van der Waals surface area contributed by atoms with Gasteiger partial charge in [-0.3, -0.25) is 0 Å². The standard InChI is InChI=1S/C18H17ClO3/c19-12-6-7-13-21-18(14-8-2-1-3-9-14)16-11-5-4-10-15(16)17(20)22-18/h1-5,8-11H,6-7,12-13H2/t18-/m0/s1. The Balaban J connectivity index is 2.00. The Bertz CT molecular complexity index is 656. The predicted octanol–water partition coefficient (Wildman–Crippen LogP) is 4.09. The Labute approximate surface area is 134 Å². The van der Waals surface area contributed by atoms with E-state index in [9.17, 15) is 4.79 Å². The van der Waals surface area contributed by atoms with Crippen molar-refractivity contribution in [1.82, 2.24) is 0 Å². The van der Waals surface area contributed by atoms with Crippen LogP contribution in [0.1, 0.15) is 34.3 Å². The first-order chi connectivity index (χ1) is 10.8. The third-order valence-electron chi connectivity index (χ3n) is 3.73. The number of carbonyl (C=O) groups excluding carboxylic acids is 1. The average molecular weight is 317 g/mol. The van der Waals surface area contributed by atoms with Crippen LogP contribution >= 0.6 is 11.6 Å². The Kier molecular flexibility index (Phi) is 4.46. The summed E-state index contributed by atoms with van der Waals surface area (Å²) >= 11 is 5.71. The highest BCUT2D eigenvalue weighted by molar-refractivity contribution is 6.17. The number of halogens is 1. The molecule has 3 rings (SSSR count). The Morgan fingerprint density at radius 1 is 1.00 bits per heavy atom. The number of benzene rings is 2.